The summed E-state index contributed by atoms with van der Waals surface area (Å²) >= 11 is 0. The third-order valence-corrected chi connectivity index (χ3v) is 3.37. The first kappa shape index (κ1) is 11.6. The highest BCUT2D eigenvalue weighted by molar-refractivity contribution is 5.09. The molecule has 16 heavy (non-hydrogen) atoms. The molecule has 1 unspecified atom stereocenters. The molecule has 1 saturated heterocycles. The van der Waals surface area contributed by atoms with Crippen LogP contribution in [-0.2, 0) is 12.0 Å². The lowest BCUT2D eigenvalue weighted by Gasteiger charge is -2.25. The highest BCUT2D eigenvalue weighted by Gasteiger charge is 2.37. The van der Waals surface area contributed by atoms with Crippen LogP contribution in [0.25, 0.3) is 0 Å². The van der Waals surface area contributed by atoms with Crippen LogP contribution in [0.5, 0.6) is 0 Å². The number of nitrogens with zero attached hydrogens (tertiary/aromatic N) is 2. The molecule has 1 aliphatic rings. The molecule has 0 saturated carbocycles. The Morgan fingerprint density at radius 3 is 2.81 bits per heavy atom. The van der Waals surface area contributed by atoms with Crippen molar-refractivity contribution in [2.45, 2.75) is 57.9 Å². The first-order valence-electron chi connectivity index (χ1n) is 6.47. The summed E-state index contributed by atoms with van der Waals surface area (Å²) in [6.45, 7) is 5.48. The van der Waals surface area contributed by atoms with E-state index in [9.17, 15) is 0 Å². The van der Waals surface area contributed by atoms with E-state index in [2.05, 4.69) is 34.3 Å². The van der Waals surface area contributed by atoms with Gasteiger partial charge >= 0.3 is 0 Å². The van der Waals surface area contributed by atoms with E-state index in [1.54, 1.807) is 0 Å². The maximum Gasteiger partial charge on any atom is 0.170 e. The molecule has 1 fully saturated rings. The van der Waals surface area contributed by atoms with Crippen molar-refractivity contribution < 1.29 is 0 Å². The molecule has 0 spiro atoms. The fourth-order valence-corrected chi connectivity index (χ4v) is 2.61. The fraction of sp³-hybridized carbons (Fsp3) is 0.833. The number of aromatic nitrogens is 3. The number of hydrogen-bond acceptors (Lipinski definition) is 3. The summed E-state index contributed by atoms with van der Waals surface area (Å²) in [7, 11) is 0. The zero-order valence-electron chi connectivity index (χ0n) is 10.3. The van der Waals surface area contributed by atoms with E-state index in [0.29, 0.717) is 0 Å². The Labute approximate surface area is 97.2 Å². The summed E-state index contributed by atoms with van der Waals surface area (Å²) < 4.78 is 0. The molecule has 1 aromatic rings. The zero-order valence-corrected chi connectivity index (χ0v) is 10.3. The smallest absolute Gasteiger partial charge is 0.170 e. The molecule has 90 valence electrons. The van der Waals surface area contributed by atoms with E-state index in [-0.39, 0.29) is 5.54 Å². The van der Waals surface area contributed by atoms with Crippen LogP contribution in [0, 0.1) is 0 Å². The Morgan fingerprint density at radius 2 is 2.19 bits per heavy atom. The predicted octanol–water partition coefficient (Wildman–Crippen LogP) is 2.14. The van der Waals surface area contributed by atoms with Crippen molar-refractivity contribution in [3.8, 4) is 0 Å². The van der Waals surface area contributed by atoms with Gasteiger partial charge in [0.05, 0.1) is 5.54 Å². The van der Waals surface area contributed by atoms with Gasteiger partial charge in [0.2, 0.25) is 0 Å². The van der Waals surface area contributed by atoms with E-state index in [1.807, 2.05) is 0 Å². The van der Waals surface area contributed by atoms with Gasteiger partial charge in [0.15, 0.2) is 5.82 Å². The van der Waals surface area contributed by atoms with E-state index in [1.165, 1.54) is 19.3 Å². The molecule has 1 aromatic heterocycles. The molecule has 4 heteroatoms. The van der Waals surface area contributed by atoms with E-state index in [4.69, 9.17) is 0 Å². The molecule has 2 heterocycles. The predicted molar refractivity (Wildman–Crippen MR) is 64.2 cm³/mol. The second kappa shape index (κ2) is 4.95. The third kappa shape index (κ3) is 2.12. The van der Waals surface area contributed by atoms with Crippen LogP contribution in [0.4, 0.5) is 0 Å². The van der Waals surface area contributed by atoms with Crippen LogP contribution in [0.15, 0.2) is 0 Å². The van der Waals surface area contributed by atoms with Crippen molar-refractivity contribution in [2.75, 3.05) is 6.54 Å². The molecule has 0 bridgehead atoms. The summed E-state index contributed by atoms with van der Waals surface area (Å²) in [6.07, 6.45) is 6.82. The normalized spacial score (nSPS) is 25.1. The SMILES string of the molecule is CCCc1nc(C2(CCC)CCCN2)n[nH]1. The van der Waals surface area contributed by atoms with Crippen molar-refractivity contribution in [3.63, 3.8) is 0 Å². The van der Waals surface area contributed by atoms with Crippen LogP contribution in [0.3, 0.4) is 0 Å². The van der Waals surface area contributed by atoms with Crippen molar-refractivity contribution in [3.05, 3.63) is 11.6 Å². The molecule has 0 amide bonds. The van der Waals surface area contributed by atoms with Crippen molar-refractivity contribution >= 4 is 0 Å². The van der Waals surface area contributed by atoms with Gasteiger partial charge in [0, 0.05) is 6.42 Å². The molecule has 0 aliphatic carbocycles. The molecule has 2 rings (SSSR count). The number of H-pyrrole nitrogens is 1. The third-order valence-electron chi connectivity index (χ3n) is 3.37. The maximum atomic E-state index is 4.64. The second-order valence-electron chi connectivity index (χ2n) is 4.72. The van der Waals surface area contributed by atoms with Gasteiger partial charge in [-0.2, -0.15) is 5.10 Å². The van der Waals surface area contributed by atoms with Crippen molar-refractivity contribution in [1.82, 2.24) is 20.5 Å². The quantitative estimate of drug-likeness (QED) is 0.802. The van der Waals surface area contributed by atoms with Crippen LogP contribution >= 0.6 is 0 Å². The van der Waals surface area contributed by atoms with Gasteiger partial charge in [-0.05, 0) is 32.2 Å². The van der Waals surface area contributed by atoms with Crippen LogP contribution in [0.1, 0.15) is 57.6 Å². The van der Waals surface area contributed by atoms with Gasteiger partial charge in [-0.1, -0.05) is 20.3 Å². The molecular formula is C12H22N4. The first-order chi connectivity index (χ1) is 7.80. The lowest BCUT2D eigenvalue weighted by molar-refractivity contribution is 0.335. The number of aryl methyl sites for hydroxylation is 1. The van der Waals surface area contributed by atoms with Crippen LogP contribution in [-0.4, -0.2) is 21.7 Å². The minimum atomic E-state index is 0.0528. The molecule has 1 atom stereocenters. The average Bonchev–Trinajstić information content (AvgIpc) is 2.88. The summed E-state index contributed by atoms with van der Waals surface area (Å²) in [6, 6.07) is 0. The fourth-order valence-electron chi connectivity index (χ4n) is 2.61. The Morgan fingerprint density at radius 1 is 1.31 bits per heavy atom. The van der Waals surface area contributed by atoms with E-state index >= 15 is 0 Å². The number of aromatic amines is 1. The van der Waals surface area contributed by atoms with Gasteiger partial charge in [-0.25, -0.2) is 4.98 Å². The highest BCUT2D eigenvalue weighted by Crippen LogP contribution is 2.32. The second-order valence-corrected chi connectivity index (χ2v) is 4.72. The first-order valence-corrected chi connectivity index (χ1v) is 6.47. The monoisotopic (exact) mass is 222 g/mol. The van der Waals surface area contributed by atoms with E-state index < -0.39 is 0 Å². The summed E-state index contributed by atoms with van der Waals surface area (Å²) in [5, 5.41) is 11.1. The maximum absolute atomic E-state index is 4.64. The molecule has 2 N–H and O–H groups in total. The van der Waals surface area contributed by atoms with Gasteiger partial charge in [0.25, 0.3) is 0 Å². The van der Waals surface area contributed by atoms with Crippen LogP contribution in [0.2, 0.25) is 0 Å². The van der Waals surface area contributed by atoms with Gasteiger partial charge in [-0.3, -0.25) is 5.10 Å². The van der Waals surface area contributed by atoms with Gasteiger partial charge in [-0.15, -0.1) is 0 Å². The zero-order chi connectivity index (χ0) is 11.4. The van der Waals surface area contributed by atoms with Gasteiger partial charge in [0.1, 0.15) is 5.82 Å². The van der Waals surface area contributed by atoms with Crippen molar-refractivity contribution in [1.29, 1.82) is 0 Å². The summed E-state index contributed by atoms with van der Waals surface area (Å²) in [5.41, 5.74) is 0.0528. The summed E-state index contributed by atoms with van der Waals surface area (Å²) in [4.78, 5) is 4.64. The van der Waals surface area contributed by atoms with E-state index in [0.717, 1.165) is 37.5 Å². The topological polar surface area (TPSA) is 53.6 Å². The standard InChI is InChI=1S/C12H22N4/c1-3-6-10-14-11(16-15-10)12(7-4-2)8-5-9-13-12/h13H,3-9H2,1-2H3,(H,14,15,16). The molecule has 1 aliphatic heterocycles. The lowest BCUT2D eigenvalue weighted by atomic mass is 9.91. The van der Waals surface area contributed by atoms with Crippen molar-refractivity contribution in [2.24, 2.45) is 0 Å². The molecule has 0 aromatic carbocycles. The van der Waals surface area contributed by atoms with Gasteiger partial charge < -0.3 is 5.32 Å². The number of nitrogens with one attached hydrogen (secondary N) is 2. The van der Waals surface area contributed by atoms with Crippen LogP contribution < -0.4 is 5.32 Å². The molecule has 4 nitrogen and oxygen atoms in total. The molecule has 0 radical (unpaired) electrons. The largest absolute Gasteiger partial charge is 0.305 e. The Hall–Kier alpha value is -0.900. The average molecular weight is 222 g/mol. The number of hydrogen-bond donors (Lipinski definition) is 2. The number of rotatable bonds is 5. The Kier molecular flexibility index (Phi) is 3.59. The highest BCUT2D eigenvalue weighted by atomic mass is 15.2. The minimum Gasteiger partial charge on any atom is -0.305 e. The lowest BCUT2D eigenvalue weighted by Crippen LogP contribution is -2.37. The Bertz CT molecular complexity index is 326. The Balaban J connectivity index is 2.18. The molecular weight excluding hydrogens is 200 g/mol. The summed E-state index contributed by atoms with van der Waals surface area (Å²) in [5.74, 6) is 2.01. The minimum absolute atomic E-state index is 0.0528.